The molecule has 2 aromatic rings. The van der Waals surface area contributed by atoms with Crippen molar-refractivity contribution in [3.05, 3.63) is 57.8 Å². The zero-order valence-corrected chi connectivity index (χ0v) is 17.2. The van der Waals surface area contributed by atoms with Crippen molar-refractivity contribution in [3.8, 4) is 17.2 Å². The van der Waals surface area contributed by atoms with Gasteiger partial charge in [-0.2, -0.15) is 0 Å². The molecule has 156 valence electrons. The Morgan fingerprint density at radius 3 is 2.90 bits per heavy atom. The highest BCUT2D eigenvalue weighted by Crippen LogP contribution is 2.38. The second-order valence-electron chi connectivity index (χ2n) is 7.02. The standard InChI is InChI=1S/C22H19ClO7/c1-12(2)29-20(24)10-27-16-3-4-17-18(8-16)30-19(21(17)25)7-13-5-15(23)6-14-9-26-11-28-22(13)14/h3-8,12H,9-11H2,1-2H3/b19-7-. The number of allylic oxidation sites excluding steroid dienone is 1. The van der Waals surface area contributed by atoms with Crippen LogP contribution in [0.5, 0.6) is 17.2 Å². The molecule has 30 heavy (non-hydrogen) atoms. The van der Waals surface area contributed by atoms with E-state index in [1.165, 1.54) is 0 Å². The van der Waals surface area contributed by atoms with Crippen LogP contribution in [0, 0.1) is 0 Å². The van der Waals surface area contributed by atoms with Gasteiger partial charge in [-0.25, -0.2) is 4.79 Å². The molecule has 0 unspecified atom stereocenters. The Bertz CT molecular complexity index is 1040. The van der Waals surface area contributed by atoms with Crippen LogP contribution >= 0.6 is 11.6 Å². The lowest BCUT2D eigenvalue weighted by Gasteiger charge is -2.20. The molecule has 0 fully saturated rings. The second kappa shape index (κ2) is 8.38. The third kappa shape index (κ3) is 4.27. The molecule has 2 aliphatic heterocycles. The van der Waals surface area contributed by atoms with Crippen LogP contribution in [-0.4, -0.2) is 31.3 Å². The molecular formula is C22H19ClO7. The number of fused-ring (bicyclic) bond motifs is 2. The number of hydrogen-bond donors (Lipinski definition) is 0. The van der Waals surface area contributed by atoms with E-state index in [1.54, 1.807) is 50.3 Å². The summed E-state index contributed by atoms with van der Waals surface area (Å²) < 4.78 is 27.1. The van der Waals surface area contributed by atoms with E-state index in [0.29, 0.717) is 40.0 Å². The SMILES string of the molecule is CC(C)OC(=O)COc1ccc2c(c1)O/C(=C\c1cc(Cl)cc3c1OCOC3)C2=O. The average Bonchev–Trinajstić information content (AvgIpc) is 3.00. The third-order valence-electron chi connectivity index (χ3n) is 4.36. The summed E-state index contributed by atoms with van der Waals surface area (Å²) in [7, 11) is 0. The number of carbonyl (C=O) groups excluding carboxylic acids is 2. The van der Waals surface area contributed by atoms with Gasteiger partial charge in [-0.15, -0.1) is 0 Å². The van der Waals surface area contributed by atoms with E-state index in [4.69, 9.17) is 35.3 Å². The summed E-state index contributed by atoms with van der Waals surface area (Å²) in [6.45, 7) is 3.79. The molecule has 0 saturated carbocycles. The monoisotopic (exact) mass is 430 g/mol. The number of hydrogen-bond acceptors (Lipinski definition) is 7. The molecule has 7 nitrogen and oxygen atoms in total. The molecule has 0 atom stereocenters. The lowest BCUT2D eigenvalue weighted by atomic mass is 10.1. The van der Waals surface area contributed by atoms with Crippen molar-refractivity contribution in [1.82, 2.24) is 0 Å². The minimum Gasteiger partial charge on any atom is -0.482 e. The number of carbonyl (C=O) groups is 2. The van der Waals surface area contributed by atoms with E-state index in [9.17, 15) is 9.59 Å². The Labute approximate surface area is 178 Å². The van der Waals surface area contributed by atoms with Crippen molar-refractivity contribution in [1.29, 1.82) is 0 Å². The first kappa shape index (κ1) is 20.3. The number of ether oxygens (including phenoxy) is 5. The van der Waals surface area contributed by atoms with E-state index in [0.717, 1.165) is 5.56 Å². The molecule has 0 spiro atoms. The van der Waals surface area contributed by atoms with Crippen LogP contribution in [-0.2, 0) is 20.9 Å². The summed E-state index contributed by atoms with van der Waals surface area (Å²) in [6, 6.07) is 8.23. The number of rotatable bonds is 5. The van der Waals surface area contributed by atoms with Crippen molar-refractivity contribution in [3.63, 3.8) is 0 Å². The average molecular weight is 431 g/mol. The van der Waals surface area contributed by atoms with E-state index in [2.05, 4.69) is 0 Å². The fraction of sp³-hybridized carbons (Fsp3) is 0.273. The zero-order chi connectivity index (χ0) is 21.3. The number of benzene rings is 2. The first-order valence-corrected chi connectivity index (χ1v) is 9.72. The van der Waals surface area contributed by atoms with Crippen LogP contribution in [0.15, 0.2) is 36.1 Å². The van der Waals surface area contributed by atoms with Gasteiger partial charge in [0, 0.05) is 22.2 Å². The molecule has 0 radical (unpaired) electrons. The summed E-state index contributed by atoms with van der Waals surface area (Å²) in [5.41, 5.74) is 1.83. The molecule has 2 aromatic carbocycles. The van der Waals surface area contributed by atoms with Gasteiger partial charge in [-0.1, -0.05) is 11.6 Å². The van der Waals surface area contributed by atoms with Gasteiger partial charge in [0.05, 0.1) is 18.3 Å². The number of Topliss-reactive ketones (excluding diaryl/α,β-unsaturated/α-hetero) is 1. The van der Waals surface area contributed by atoms with E-state index >= 15 is 0 Å². The minimum atomic E-state index is -0.474. The van der Waals surface area contributed by atoms with E-state index < -0.39 is 5.97 Å². The molecule has 0 saturated heterocycles. The highest BCUT2D eigenvalue weighted by atomic mass is 35.5. The van der Waals surface area contributed by atoms with Gasteiger partial charge in [0.15, 0.2) is 19.2 Å². The lowest BCUT2D eigenvalue weighted by Crippen LogP contribution is -2.18. The Morgan fingerprint density at radius 2 is 2.10 bits per heavy atom. The Kier molecular flexibility index (Phi) is 5.65. The maximum atomic E-state index is 12.7. The molecule has 2 heterocycles. The normalized spacial score (nSPS) is 16.0. The Balaban J connectivity index is 1.54. The topological polar surface area (TPSA) is 80.3 Å². The van der Waals surface area contributed by atoms with Crippen LogP contribution in [0.25, 0.3) is 6.08 Å². The first-order valence-electron chi connectivity index (χ1n) is 9.34. The molecule has 4 rings (SSSR count). The van der Waals surface area contributed by atoms with Crippen LogP contribution in [0.3, 0.4) is 0 Å². The minimum absolute atomic E-state index is 0.125. The van der Waals surface area contributed by atoms with Crippen molar-refractivity contribution in [2.24, 2.45) is 0 Å². The highest BCUT2D eigenvalue weighted by Gasteiger charge is 2.29. The lowest BCUT2D eigenvalue weighted by molar-refractivity contribution is -0.149. The Morgan fingerprint density at radius 1 is 1.27 bits per heavy atom. The van der Waals surface area contributed by atoms with Gasteiger partial charge in [-0.3, -0.25) is 4.79 Å². The molecule has 8 heteroatoms. The zero-order valence-electron chi connectivity index (χ0n) is 16.4. The summed E-state index contributed by atoms with van der Waals surface area (Å²) >= 11 is 6.18. The molecule has 0 aliphatic carbocycles. The van der Waals surface area contributed by atoms with Gasteiger partial charge in [0.1, 0.15) is 17.2 Å². The van der Waals surface area contributed by atoms with Gasteiger partial charge < -0.3 is 23.7 Å². The van der Waals surface area contributed by atoms with Crippen molar-refractivity contribution >= 4 is 29.4 Å². The molecule has 2 aliphatic rings. The van der Waals surface area contributed by atoms with Crippen molar-refractivity contribution in [2.75, 3.05) is 13.4 Å². The maximum Gasteiger partial charge on any atom is 0.344 e. The quantitative estimate of drug-likeness (QED) is 0.520. The molecule has 0 aromatic heterocycles. The fourth-order valence-electron chi connectivity index (χ4n) is 3.15. The summed E-state index contributed by atoms with van der Waals surface area (Å²) in [5, 5.41) is 0.502. The number of esters is 1. The predicted octanol–water partition coefficient (Wildman–Crippen LogP) is 4.15. The molecular weight excluding hydrogens is 412 g/mol. The molecule has 0 amide bonds. The van der Waals surface area contributed by atoms with Crippen LogP contribution < -0.4 is 14.2 Å². The smallest absolute Gasteiger partial charge is 0.344 e. The summed E-state index contributed by atoms with van der Waals surface area (Å²) in [5.74, 6) is 0.749. The third-order valence-corrected chi connectivity index (χ3v) is 4.57. The predicted molar refractivity (Wildman–Crippen MR) is 108 cm³/mol. The summed E-state index contributed by atoms with van der Waals surface area (Å²) in [4.78, 5) is 24.4. The van der Waals surface area contributed by atoms with Crippen LogP contribution in [0.1, 0.15) is 35.3 Å². The van der Waals surface area contributed by atoms with Gasteiger partial charge in [0.25, 0.3) is 0 Å². The summed E-state index contributed by atoms with van der Waals surface area (Å²) in [6.07, 6.45) is 1.38. The number of halogens is 1. The van der Waals surface area contributed by atoms with Gasteiger partial charge in [-0.05, 0) is 44.2 Å². The van der Waals surface area contributed by atoms with Gasteiger partial charge >= 0.3 is 5.97 Å². The van der Waals surface area contributed by atoms with Crippen LogP contribution in [0.4, 0.5) is 0 Å². The molecule has 0 bridgehead atoms. The largest absolute Gasteiger partial charge is 0.482 e. The van der Waals surface area contributed by atoms with Crippen molar-refractivity contribution in [2.45, 2.75) is 26.6 Å². The first-order chi connectivity index (χ1) is 14.4. The highest BCUT2D eigenvalue weighted by molar-refractivity contribution is 6.31. The number of ketones is 1. The Hall–Kier alpha value is -3.03. The van der Waals surface area contributed by atoms with E-state index in [-0.39, 0.29) is 31.0 Å². The molecule has 0 N–H and O–H groups in total. The van der Waals surface area contributed by atoms with Crippen LogP contribution in [0.2, 0.25) is 5.02 Å². The second-order valence-corrected chi connectivity index (χ2v) is 7.46. The van der Waals surface area contributed by atoms with E-state index in [1.807, 2.05) is 0 Å². The maximum absolute atomic E-state index is 12.7. The van der Waals surface area contributed by atoms with Gasteiger partial charge in [0.2, 0.25) is 5.78 Å². The fourth-order valence-corrected chi connectivity index (χ4v) is 3.40. The van der Waals surface area contributed by atoms with Crippen molar-refractivity contribution < 1.29 is 33.3 Å².